The van der Waals surface area contributed by atoms with Crippen molar-refractivity contribution in [3.8, 4) is 0 Å². The highest BCUT2D eigenvalue weighted by atomic mass is 32.1. The molecule has 0 aliphatic heterocycles. The Morgan fingerprint density at radius 1 is 1.07 bits per heavy atom. The van der Waals surface area contributed by atoms with Gasteiger partial charge >= 0.3 is 0 Å². The van der Waals surface area contributed by atoms with Gasteiger partial charge < -0.3 is 5.32 Å². The summed E-state index contributed by atoms with van der Waals surface area (Å²) in [5.74, 6) is -0.620. The Kier molecular flexibility index (Phi) is 6.92. The minimum atomic E-state index is -0.767. The zero-order valence-electron chi connectivity index (χ0n) is 17.9. The summed E-state index contributed by atoms with van der Waals surface area (Å²) in [7, 11) is 0. The first kappa shape index (κ1) is 22.0. The molecule has 3 N–H and O–H groups in total. The Labute approximate surface area is 181 Å². The molecule has 0 spiro atoms. The Hall–Kier alpha value is -2.67. The van der Waals surface area contributed by atoms with Gasteiger partial charge in [0.2, 0.25) is 0 Å². The van der Waals surface area contributed by atoms with E-state index in [2.05, 4.69) is 23.1 Å². The van der Waals surface area contributed by atoms with Gasteiger partial charge in [-0.25, -0.2) is 0 Å². The molecular weight excluding hydrogens is 398 g/mol. The Bertz CT molecular complexity index is 934. The lowest BCUT2D eigenvalue weighted by molar-refractivity contribution is -0.124. The van der Waals surface area contributed by atoms with E-state index in [1.165, 1.54) is 21.8 Å². The van der Waals surface area contributed by atoms with Crippen LogP contribution < -0.4 is 16.2 Å². The Morgan fingerprint density at radius 3 is 2.43 bits per heavy atom. The molecule has 3 rings (SSSR count). The van der Waals surface area contributed by atoms with Crippen molar-refractivity contribution in [3.63, 3.8) is 0 Å². The summed E-state index contributed by atoms with van der Waals surface area (Å²) in [5, 5.41) is 2.76. The number of hydrazine groups is 1. The monoisotopic (exact) mass is 427 g/mol. The number of aryl methyl sites for hydroxylation is 2. The number of thiophene rings is 1. The maximum Gasteiger partial charge on any atom is 0.279 e. The van der Waals surface area contributed by atoms with Gasteiger partial charge in [-0.1, -0.05) is 38.5 Å². The second-order valence-electron chi connectivity index (χ2n) is 8.41. The lowest BCUT2D eigenvalue weighted by atomic mass is 9.90. The zero-order chi connectivity index (χ0) is 21.8. The van der Waals surface area contributed by atoms with Crippen LogP contribution in [0.25, 0.3) is 0 Å². The normalized spacial score (nSPS) is 16.5. The number of nitrogens with one attached hydrogen (secondary N) is 3. The minimum Gasteiger partial charge on any atom is -0.340 e. The van der Waals surface area contributed by atoms with Gasteiger partial charge in [0, 0.05) is 10.4 Å². The van der Waals surface area contributed by atoms with E-state index in [4.69, 9.17) is 0 Å². The number of carbonyl (C=O) groups excluding carboxylic acids is 3. The van der Waals surface area contributed by atoms with E-state index < -0.39 is 11.9 Å². The van der Waals surface area contributed by atoms with Crippen LogP contribution in [0.4, 0.5) is 0 Å². The van der Waals surface area contributed by atoms with Crippen LogP contribution in [-0.4, -0.2) is 23.8 Å². The van der Waals surface area contributed by atoms with E-state index in [1.54, 1.807) is 12.1 Å². The van der Waals surface area contributed by atoms with E-state index in [1.807, 2.05) is 39.0 Å². The van der Waals surface area contributed by atoms with Crippen LogP contribution in [0, 0.1) is 18.8 Å². The van der Waals surface area contributed by atoms with Crippen LogP contribution in [0.2, 0.25) is 0 Å². The third-order valence-corrected chi connectivity index (χ3v) is 6.64. The second-order valence-corrected chi connectivity index (χ2v) is 9.55. The number of fused-ring (bicyclic) bond motifs is 1. The average molecular weight is 428 g/mol. The highest BCUT2D eigenvalue weighted by molar-refractivity contribution is 7.14. The smallest absolute Gasteiger partial charge is 0.279 e. The van der Waals surface area contributed by atoms with Crippen LogP contribution in [0.1, 0.15) is 63.2 Å². The van der Waals surface area contributed by atoms with Gasteiger partial charge in [-0.3, -0.25) is 25.2 Å². The molecule has 0 bridgehead atoms. The van der Waals surface area contributed by atoms with Crippen LogP contribution in [-0.2, 0) is 17.6 Å². The van der Waals surface area contributed by atoms with Crippen molar-refractivity contribution in [2.75, 3.05) is 0 Å². The highest BCUT2D eigenvalue weighted by Gasteiger charge is 2.26. The largest absolute Gasteiger partial charge is 0.340 e. The van der Waals surface area contributed by atoms with E-state index >= 15 is 0 Å². The first-order valence-electron chi connectivity index (χ1n) is 10.3. The zero-order valence-corrected chi connectivity index (χ0v) is 18.7. The van der Waals surface area contributed by atoms with Crippen molar-refractivity contribution in [1.82, 2.24) is 16.2 Å². The molecule has 2 aromatic rings. The van der Waals surface area contributed by atoms with Gasteiger partial charge in [-0.2, -0.15) is 0 Å². The first-order valence-corrected chi connectivity index (χ1v) is 11.2. The standard InChI is InChI=1S/C23H29N3O3S/c1-13(2)20(24-21(27)16-8-5-14(3)6-9-16)23(29)26-25-22(28)19-12-17-11-15(4)7-10-18(17)30-19/h5-6,8-9,12-13,15,20H,7,10-11H2,1-4H3,(H,24,27)(H,25,28)(H,26,29)/t15?,20-/m0/s1. The number of carbonyl (C=O) groups is 3. The quantitative estimate of drug-likeness (QED) is 0.639. The third-order valence-electron chi connectivity index (χ3n) is 5.40. The van der Waals surface area contributed by atoms with Crippen molar-refractivity contribution in [3.05, 3.63) is 56.8 Å². The van der Waals surface area contributed by atoms with Gasteiger partial charge in [0.1, 0.15) is 6.04 Å². The Morgan fingerprint density at radius 2 is 1.77 bits per heavy atom. The van der Waals surface area contributed by atoms with Gasteiger partial charge in [-0.15, -0.1) is 11.3 Å². The summed E-state index contributed by atoms with van der Waals surface area (Å²) >= 11 is 1.49. The van der Waals surface area contributed by atoms with Crippen LogP contribution in [0.3, 0.4) is 0 Å². The predicted molar refractivity (Wildman–Crippen MR) is 118 cm³/mol. The average Bonchev–Trinajstić information content (AvgIpc) is 3.13. The SMILES string of the molecule is Cc1ccc(C(=O)N[C@H](C(=O)NNC(=O)c2cc3c(s2)CCC(C)C3)C(C)C)cc1. The van der Waals surface area contributed by atoms with Crippen LogP contribution in [0.15, 0.2) is 30.3 Å². The second kappa shape index (κ2) is 9.43. The molecule has 30 heavy (non-hydrogen) atoms. The van der Waals surface area contributed by atoms with E-state index in [0.29, 0.717) is 16.4 Å². The summed E-state index contributed by atoms with van der Waals surface area (Å²) in [6.45, 7) is 7.85. The molecular formula is C23H29N3O3S. The van der Waals surface area contributed by atoms with Crippen molar-refractivity contribution < 1.29 is 14.4 Å². The van der Waals surface area contributed by atoms with Gasteiger partial charge in [-0.05, 0) is 61.8 Å². The van der Waals surface area contributed by atoms with Crippen molar-refractivity contribution >= 4 is 29.1 Å². The molecule has 6 nitrogen and oxygen atoms in total. The maximum atomic E-state index is 12.6. The first-order chi connectivity index (χ1) is 14.2. The van der Waals surface area contributed by atoms with Crippen LogP contribution in [0.5, 0.6) is 0 Å². The molecule has 2 atom stereocenters. The van der Waals surface area contributed by atoms with E-state index in [0.717, 1.165) is 24.8 Å². The number of rotatable bonds is 5. The van der Waals surface area contributed by atoms with Crippen LogP contribution >= 0.6 is 11.3 Å². The predicted octanol–water partition coefficient (Wildman–Crippen LogP) is 3.40. The molecule has 1 aromatic carbocycles. The lowest BCUT2D eigenvalue weighted by Gasteiger charge is -2.21. The summed E-state index contributed by atoms with van der Waals surface area (Å²) in [5.41, 5.74) is 7.74. The molecule has 0 fully saturated rings. The summed E-state index contributed by atoms with van der Waals surface area (Å²) in [6, 6.07) is 8.30. The summed E-state index contributed by atoms with van der Waals surface area (Å²) < 4.78 is 0. The van der Waals surface area contributed by atoms with Gasteiger partial charge in [0.15, 0.2) is 0 Å². The Balaban J connectivity index is 1.59. The summed E-state index contributed by atoms with van der Waals surface area (Å²) in [4.78, 5) is 39.5. The number of amides is 3. The maximum absolute atomic E-state index is 12.6. The molecule has 0 saturated heterocycles. The van der Waals surface area contributed by atoms with Gasteiger partial charge in [0.05, 0.1) is 4.88 Å². The molecule has 1 aliphatic carbocycles. The molecule has 1 unspecified atom stereocenters. The van der Waals surface area contributed by atoms with Crippen molar-refractivity contribution in [2.45, 2.75) is 53.0 Å². The van der Waals surface area contributed by atoms with E-state index in [9.17, 15) is 14.4 Å². The fraction of sp³-hybridized carbons (Fsp3) is 0.435. The molecule has 1 aliphatic rings. The molecule has 7 heteroatoms. The molecule has 1 aromatic heterocycles. The molecule has 3 amide bonds. The van der Waals surface area contributed by atoms with Crippen molar-refractivity contribution in [2.24, 2.45) is 11.8 Å². The third kappa shape index (κ3) is 5.27. The molecule has 1 heterocycles. The number of hydrogen-bond acceptors (Lipinski definition) is 4. The van der Waals surface area contributed by atoms with E-state index in [-0.39, 0.29) is 17.7 Å². The van der Waals surface area contributed by atoms with Gasteiger partial charge in [0.25, 0.3) is 17.7 Å². The fourth-order valence-electron chi connectivity index (χ4n) is 3.54. The number of hydrogen-bond donors (Lipinski definition) is 3. The fourth-order valence-corrected chi connectivity index (χ4v) is 4.64. The molecule has 0 saturated carbocycles. The number of benzene rings is 1. The molecule has 160 valence electrons. The lowest BCUT2D eigenvalue weighted by Crippen LogP contribution is -2.54. The molecule has 0 radical (unpaired) electrons. The summed E-state index contributed by atoms with van der Waals surface area (Å²) in [6.07, 6.45) is 3.13. The minimum absolute atomic E-state index is 0.146. The topological polar surface area (TPSA) is 87.3 Å². The highest BCUT2D eigenvalue weighted by Crippen LogP contribution is 2.32. The van der Waals surface area contributed by atoms with Crippen molar-refractivity contribution in [1.29, 1.82) is 0 Å².